The Morgan fingerprint density at radius 1 is 1.00 bits per heavy atom. The Labute approximate surface area is 104 Å². The van der Waals surface area contributed by atoms with Crippen LogP contribution in [0, 0.1) is 0 Å². The Morgan fingerprint density at radius 3 is 2.00 bits per heavy atom. The Kier molecular flexibility index (Phi) is 18.5. The van der Waals surface area contributed by atoms with E-state index in [-0.39, 0.29) is 0 Å². The highest BCUT2D eigenvalue weighted by atomic mass is 35.5. The molecule has 0 aliphatic carbocycles. The molecule has 0 spiro atoms. The summed E-state index contributed by atoms with van der Waals surface area (Å²) >= 11 is 9.28. The molecular weight excluding hydrogens is 229 g/mol. The summed E-state index contributed by atoms with van der Waals surface area (Å²) in [7, 11) is 0. The van der Waals surface area contributed by atoms with Crippen molar-refractivity contribution in [2.24, 2.45) is 0 Å². The molecular formula is C12H21Cl2N. The second kappa shape index (κ2) is 16.2. The molecule has 1 rings (SSSR count). The minimum atomic E-state index is 0.995. The van der Waals surface area contributed by atoms with Gasteiger partial charge in [-0.1, -0.05) is 37.3 Å². The van der Waals surface area contributed by atoms with Gasteiger partial charge in [0.15, 0.2) is 0 Å². The van der Waals surface area contributed by atoms with Gasteiger partial charge in [0.1, 0.15) is 0 Å². The summed E-state index contributed by atoms with van der Waals surface area (Å²) in [6.07, 6.45) is 4.15. The lowest BCUT2D eigenvalue weighted by Gasteiger charge is -2.01. The van der Waals surface area contributed by atoms with E-state index in [0.717, 1.165) is 13.1 Å². The molecule has 1 aromatic carbocycles. The highest BCUT2D eigenvalue weighted by molar-refractivity contribution is 6.15. The van der Waals surface area contributed by atoms with Crippen LogP contribution in [-0.2, 0) is 6.54 Å². The standard InChI is InChI=1S/C10H15N.2CH3Cl/c1-2-8-11-9-10-6-4-3-5-7-10;2*1-2/h3-7,11H,2,8-9H2,1H3;2*1H3. The van der Waals surface area contributed by atoms with Crippen LogP contribution in [0.1, 0.15) is 18.9 Å². The summed E-state index contributed by atoms with van der Waals surface area (Å²) in [5.74, 6) is 0. The SMILES string of the molecule is CCCNCc1ccccc1.CCl.CCl. The average Bonchev–Trinajstić information content (AvgIpc) is 2.36. The highest BCUT2D eigenvalue weighted by Crippen LogP contribution is 1.96. The van der Waals surface area contributed by atoms with Gasteiger partial charge in [-0.15, -0.1) is 23.2 Å². The molecule has 0 aliphatic rings. The van der Waals surface area contributed by atoms with Gasteiger partial charge in [0.25, 0.3) is 0 Å². The van der Waals surface area contributed by atoms with Crippen LogP contribution in [0.2, 0.25) is 0 Å². The lowest BCUT2D eigenvalue weighted by Crippen LogP contribution is -2.13. The summed E-state index contributed by atoms with van der Waals surface area (Å²) < 4.78 is 0. The van der Waals surface area contributed by atoms with Crippen LogP contribution >= 0.6 is 23.2 Å². The molecule has 3 heteroatoms. The van der Waals surface area contributed by atoms with Crippen molar-refractivity contribution in [1.29, 1.82) is 0 Å². The van der Waals surface area contributed by atoms with Crippen LogP contribution in [0.3, 0.4) is 0 Å². The van der Waals surface area contributed by atoms with Gasteiger partial charge in [0.2, 0.25) is 0 Å². The number of benzene rings is 1. The Hall–Kier alpha value is -0.240. The van der Waals surface area contributed by atoms with Gasteiger partial charge in [-0.2, -0.15) is 0 Å². The van der Waals surface area contributed by atoms with Crippen molar-refractivity contribution in [1.82, 2.24) is 5.32 Å². The van der Waals surface area contributed by atoms with Crippen molar-refractivity contribution in [2.75, 3.05) is 19.3 Å². The van der Waals surface area contributed by atoms with Gasteiger partial charge in [-0.05, 0) is 18.5 Å². The van der Waals surface area contributed by atoms with Crippen LogP contribution < -0.4 is 5.32 Å². The zero-order chi connectivity index (χ0) is 11.9. The van der Waals surface area contributed by atoms with E-state index in [1.807, 2.05) is 6.07 Å². The number of hydrogen-bond acceptors (Lipinski definition) is 1. The molecule has 0 saturated heterocycles. The minimum Gasteiger partial charge on any atom is -0.313 e. The smallest absolute Gasteiger partial charge is 0.0205 e. The van der Waals surface area contributed by atoms with Crippen LogP contribution in [-0.4, -0.2) is 19.3 Å². The third-order valence-corrected chi connectivity index (χ3v) is 1.60. The molecule has 0 aliphatic heterocycles. The van der Waals surface area contributed by atoms with Crippen molar-refractivity contribution in [3.63, 3.8) is 0 Å². The summed E-state index contributed by atoms with van der Waals surface area (Å²) in [5, 5.41) is 3.35. The Morgan fingerprint density at radius 2 is 1.53 bits per heavy atom. The zero-order valence-electron chi connectivity index (χ0n) is 9.76. The molecule has 0 saturated carbocycles. The van der Waals surface area contributed by atoms with E-state index in [2.05, 4.69) is 59.7 Å². The first-order valence-electron chi connectivity index (χ1n) is 4.93. The van der Waals surface area contributed by atoms with Gasteiger partial charge in [0, 0.05) is 19.3 Å². The van der Waals surface area contributed by atoms with E-state index in [0.29, 0.717) is 0 Å². The van der Waals surface area contributed by atoms with E-state index in [9.17, 15) is 0 Å². The molecule has 1 N–H and O–H groups in total. The molecule has 0 bridgehead atoms. The molecule has 0 atom stereocenters. The predicted molar refractivity (Wildman–Crippen MR) is 72.0 cm³/mol. The van der Waals surface area contributed by atoms with E-state index in [1.54, 1.807) is 0 Å². The maximum absolute atomic E-state index is 4.64. The van der Waals surface area contributed by atoms with E-state index >= 15 is 0 Å². The highest BCUT2D eigenvalue weighted by Gasteiger charge is 1.87. The predicted octanol–water partition coefficient (Wildman–Crippen LogP) is 3.90. The van der Waals surface area contributed by atoms with Crippen molar-refractivity contribution >= 4 is 23.2 Å². The van der Waals surface area contributed by atoms with Gasteiger partial charge < -0.3 is 5.32 Å². The summed E-state index contributed by atoms with van der Waals surface area (Å²) in [6.45, 7) is 4.28. The van der Waals surface area contributed by atoms with Crippen molar-refractivity contribution in [3.05, 3.63) is 35.9 Å². The minimum absolute atomic E-state index is 0.995. The topological polar surface area (TPSA) is 12.0 Å². The van der Waals surface area contributed by atoms with Gasteiger partial charge in [0.05, 0.1) is 0 Å². The van der Waals surface area contributed by atoms with Crippen molar-refractivity contribution < 1.29 is 0 Å². The largest absolute Gasteiger partial charge is 0.313 e. The summed E-state index contributed by atoms with van der Waals surface area (Å²) in [6, 6.07) is 10.5. The fraction of sp³-hybridized carbons (Fsp3) is 0.500. The lowest BCUT2D eigenvalue weighted by molar-refractivity contribution is 0.675. The molecule has 0 radical (unpaired) electrons. The van der Waals surface area contributed by atoms with Crippen LogP contribution in [0.5, 0.6) is 0 Å². The molecule has 0 heterocycles. The maximum atomic E-state index is 4.64. The maximum Gasteiger partial charge on any atom is 0.0205 e. The molecule has 1 aromatic rings. The van der Waals surface area contributed by atoms with E-state index in [1.165, 1.54) is 24.8 Å². The molecule has 0 fully saturated rings. The van der Waals surface area contributed by atoms with Gasteiger partial charge in [-0.25, -0.2) is 0 Å². The number of nitrogens with one attached hydrogen (secondary N) is 1. The fourth-order valence-corrected chi connectivity index (χ4v) is 1.01. The monoisotopic (exact) mass is 249 g/mol. The Bertz CT molecular complexity index is 190. The van der Waals surface area contributed by atoms with E-state index in [4.69, 9.17) is 0 Å². The van der Waals surface area contributed by atoms with Crippen LogP contribution in [0.25, 0.3) is 0 Å². The second-order valence-corrected chi connectivity index (χ2v) is 2.66. The number of halogens is 2. The lowest BCUT2D eigenvalue weighted by atomic mass is 10.2. The second-order valence-electron chi connectivity index (χ2n) is 2.66. The molecule has 15 heavy (non-hydrogen) atoms. The third-order valence-electron chi connectivity index (χ3n) is 1.60. The van der Waals surface area contributed by atoms with E-state index < -0.39 is 0 Å². The third kappa shape index (κ3) is 11.7. The quantitative estimate of drug-likeness (QED) is 0.631. The number of alkyl halides is 2. The Balaban J connectivity index is 0. The van der Waals surface area contributed by atoms with Crippen LogP contribution in [0.15, 0.2) is 30.3 Å². The van der Waals surface area contributed by atoms with Crippen molar-refractivity contribution in [2.45, 2.75) is 19.9 Å². The molecule has 0 unspecified atom stereocenters. The summed E-state index contributed by atoms with van der Waals surface area (Å²) in [5.41, 5.74) is 1.36. The van der Waals surface area contributed by atoms with Gasteiger partial charge >= 0.3 is 0 Å². The normalized spacial score (nSPS) is 8.07. The van der Waals surface area contributed by atoms with Gasteiger partial charge in [-0.3, -0.25) is 0 Å². The van der Waals surface area contributed by atoms with Crippen molar-refractivity contribution in [3.8, 4) is 0 Å². The average molecular weight is 250 g/mol. The first-order chi connectivity index (χ1) is 7.43. The first kappa shape index (κ1) is 17.2. The summed E-state index contributed by atoms with van der Waals surface area (Å²) in [4.78, 5) is 0. The molecule has 1 nitrogen and oxygen atoms in total. The zero-order valence-corrected chi connectivity index (χ0v) is 11.3. The molecule has 88 valence electrons. The number of rotatable bonds is 4. The van der Waals surface area contributed by atoms with Crippen LogP contribution in [0.4, 0.5) is 0 Å². The molecule has 0 amide bonds. The first-order valence-corrected chi connectivity index (χ1v) is 6.45. The fourth-order valence-electron chi connectivity index (χ4n) is 1.01. The number of hydrogen-bond donors (Lipinski definition) is 1. The molecule has 0 aromatic heterocycles.